The fraction of sp³-hybridized carbons (Fsp3) is 0.308. The van der Waals surface area contributed by atoms with E-state index in [1.807, 2.05) is 0 Å². The molecule has 1 saturated heterocycles. The van der Waals surface area contributed by atoms with E-state index in [2.05, 4.69) is 9.97 Å². The number of aromatic nitrogens is 2. The average Bonchev–Trinajstić information content (AvgIpc) is 2.79. The quantitative estimate of drug-likeness (QED) is 0.842. The van der Waals surface area contributed by atoms with E-state index in [4.69, 9.17) is 10.8 Å². The third-order valence-corrected chi connectivity index (χ3v) is 3.39. The van der Waals surface area contributed by atoms with E-state index in [1.165, 1.54) is 17.0 Å². The zero-order chi connectivity index (χ0) is 14.3. The Labute approximate surface area is 114 Å². The summed E-state index contributed by atoms with van der Waals surface area (Å²) in [6, 6.07) is 4.43. The zero-order valence-corrected chi connectivity index (χ0v) is 10.6. The summed E-state index contributed by atoms with van der Waals surface area (Å²) in [5.74, 6) is -0.713. The van der Waals surface area contributed by atoms with Gasteiger partial charge in [0.1, 0.15) is 5.82 Å². The lowest BCUT2D eigenvalue weighted by molar-refractivity contribution is -0.117. The van der Waals surface area contributed by atoms with Crippen molar-refractivity contribution in [2.75, 3.05) is 23.8 Å². The van der Waals surface area contributed by atoms with Crippen molar-refractivity contribution in [3.63, 3.8) is 0 Å². The van der Waals surface area contributed by atoms with Crippen LogP contribution in [-0.4, -0.2) is 34.1 Å². The second-order valence-corrected chi connectivity index (χ2v) is 4.80. The standard InChI is InChI=1S/C13H13FN4O2/c14-8-2-1-3-9-11(8)12(17-13(15)16-9)18-5-7(6-19)4-10(18)20/h1-3,7,19H,4-6H2,(H2,15,16,17). The van der Waals surface area contributed by atoms with Crippen molar-refractivity contribution in [1.82, 2.24) is 9.97 Å². The molecule has 6 nitrogen and oxygen atoms in total. The Balaban J connectivity index is 2.18. The summed E-state index contributed by atoms with van der Waals surface area (Å²) in [5, 5.41) is 9.34. The zero-order valence-electron chi connectivity index (χ0n) is 10.6. The highest BCUT2D eigenvalue weighted by Gasteiger charge is 2.32. The Kier molecular flexibility index (Phi) is 2.98. The molecule has 1 amide bonds. The number of nitrogen functional groups attached to an aromatic ring is 1. The number of carbonyl (C=O) groups excluding carboxylic acids is 1. The summed E-state index contributed by atoms with van der Waals surface area (Å²) in [7, 11) is 0. The average molecular weight is 276 g/mol. The van der Waals surface area contributed by atoms with E-state index < -0.39 is 5.82 Å². The first-order chi connectivity index (χ1) is 9.60. The van der Waals surface area contributed by atoms with E-state index >= 15 is 0 Å². The Morgan fingerprint density at radius 1 is 1.45 bits per heavy atom. The van der Waals surface area contributed by atoms with Crippen LogP contribution in [0.4, 0.5) is 16.2 Å². The molecule has 1 fully saturated rings. The molecule has 0 saturated carbocycles. The third kappa shape index (κ3) is 1.96. The van der Waals surface area contributed by atoms with Gasteiger partial charge in [0.2, 0.25) is 11.9 Å². The smallest absolute Gasteiger partial charge is 0.228 e. The molecule has 20 heavy (non-hydrogen) atoms. The number of hydrogen-bond acceptors (Lipinski definition) is 5. The Hall–Kier alpha value is -2.28. The number of aliphatic hydroxyl groups excluding tert-OH is 1. The highest BCUT2D eigenvalue weighted by Crippen LogP contribution is 2.31. The maximum Gasteiger partial charge on any atom is 0.228 e. The van der Waals surface area contributed by atoms with Crippen LogP contribution in [0.2, 0.25) is 0 Å². The Bertz CT molecular complexity index is 691. The predicted molar refractivity (Wildman–Crippen MR) is 71.5 cm³/mol. The number of anilines is 2. The third-order valence-electron chi connectivity index (χ3n) is 3.39. The monoisotopic (exact) mass is 276 g/mol. The molecular formula is C13H13FN4O2. The number of nitrogens with zero attached hydrogens (tertiary/aromatic N) is 3. The summed E-state index contributed by atoms with van der Waals surface area (Å²) >= 11 is 0. The number of amides is 1. The lowest BCUT2D eigenvalue weighted by Crippen LogP contribution is -2.27. The van der Waals surface area contributed by atoms with Crippen LogP contribution in [0, 0.1) is 11.7 Å². The molecule has 3 rings (SSSR count). The Morgan fingerprint density at radius 3 is 2.95 bits per heavy atom. The van der Waals surface area contributed by atoms with E-state index in [0.29, 0.717) is 12.1 Å². The van der Waals surface area contributed by atoms with Crippen LogP contribution in [0.3, 0.4) is 0 Å². The van der Waals surface area contributed by atoms with Crippen LogP contribution in [0.15, 0.2) is 18.2 Å². The molecule has 1 atom stereocenters. The van der Waals surface area contributed by atoms with Gasteiger partial charge in [-0.1, -0.05) is 6.07 Å². The van der Waals surface area contributed by atoms with Crippen molar-refractivity contribution in [2.45, 2.75) is 6.42 Å². The number of nitrogens with two attached hydrogens (primary N) is 1. The summed E-state index contributed by atoms with van der Waals surface area (Å²) in [5.41, 5.74) is 5.98. The van der Waals surface area contributed by atoms with Crippen LogP contribution in [0.25, 0.3) is 10.9 Å². The van der Waals surface area contributed by atoms with Gasteiger partial charge in [0.15, 0.2) is 5.82 Å². The highest BCUT2D eigenvalue weighted by molar-refractivity contribution is 6.03. The fourth-order valence-corrected chi connectivity index (χ4v) is 2.44. The van der Waals surface area contributed by atoms with Crippen LogP contribution < -0.4 is 10.6 Å². The topological polar surface area (TPSA) is 92.3 Å². The summed E-state index contributed by atoms with van der Waals surface area (Å²) in [4.78, 5) is 21.4. The molecule has 2 aromatic rings. The van der Waals surface area contributed by atoms with Crippen molar-refractivity contribution >= 4 is 28.6 Å². The maximum atomic E-state index is 14.0. The minimum Gasteiger partial charge on any atom is -0.396 e. The number of benzene rings is 1. The van der Waals surface area contributed by atoms with Gasteiger partial charge in [-0.3, -0.25) is 9.69 Å². The molecule has 1 unspecified atom stereocenters. The van der Waals surface area contributed by atoms with E-state index in [0.717, 1.165) is 0 Å². The molecule has 0 spiro atoms. The van der Waals surface area contributed by atoms with Gasteiger partial charge in [0.05, 0.1) is 10.9 Å². The first-order valence-corrected chi connectivity index (χ1v) is 6.23. The molecule has 0 radical (unpaired) electrons. The fourth-order valence-electron chi connectivity index (χ4n) is 2.44. The van der Waals surface area contributed by atoms with Crippen LogP contribution >= 0.6 is 0 Å². The van der Waals surface area contributed by atoms with Gasteiger partial charge in [0, 0.05) is 25.5 Å². The number of rotatable bonds is 2. The molecule has 104 valence electrons. The van der Waals surface area contributed by atoms with Gasteiger partial charge >= 0.3 is 0 Å². The molecule has 1 aromatic heterocycles. The summed E-state index contributed by atoms with van der Waals surface area (Å²) < 4.78 is 14.0. The molecule has 3 N–H and O–H groups in total. The van der Waals surface area contributed by atoms with E-state index in [-0.39, 0.29) is 42.0 Å². The molecule has 0 aliphatic carbocycles. The molecule has 1 aliphatic heterocycles. The minimum atomic E-state index is -0.502. The van der Waals surface area contributed by atoms with Crippen molar-refractivity contribution in [3.05, 3.63) is 24.0 Å². The number of fused-ring (bicyclic) bond motifs is 1. The van der Waals surface area contributed by atoms with Crippen LogP contribution in [-0.2, 0) is 4.79 Å². The van der Waals surface area contributed by atoms with Gasteiger partial charge in [-0.15, -0.1) is 0 Å². The molecule has 2 heterocycles. The second kappa shape index (κ2) is 4.68. The van der Waals surface area contributed by atoms with Crippen molar-refractivity contribution < 1.29 is 14.3 Å². The highest BCUT2D eigenvalue weighted by atomic mass is 19.1. The van der Waals surface area contributed by atoms with Crippen molar-refractivity contribution in [3.8, 4) is 0 Å². The predicted octanol–water partition coefficient (Wildman–Crippen LogP) is 0.696. The number of hydrogen-bond donors (Lipinski definition) is 2. The lowest BCUT2D eigenvalue weighted by atomic mass is 10.1. The van der Waals surface area contributed by atoms with E-state index in [9.17, 15) is 9.18 Å². The number of carbonyl (C=O) groups is 1. The van der Waals surface area contributed by atoms with Gasteiger partial charge < -0.3 is 10.8 Å². The van der Waals surface area contributed by atoms with Gasteiger partial charge in [0.25, 0.3) is 0 Å². The van der Waals surface area contributed by atoms with Gasteiger partial charge in [-0.25, -0.2) is 9.37 Å². The molecule has 7 heteroatoms. The SMILES string of the molecule is Nc1nc(N2CC(CO)CC2=O)c2c(F)cccc2n1. The summed E-state index contributed by atoms with van der Waals surface area (Å²) in [6.45, 7) is 0.207. The Morgan fingerprint density at radius 2 is 2.25 bits per heavy atom. The minimum absolute atomic E-state index is 0.0154. The first-order valence-electron chi connectivity index (χ1n) is 6.23. The van der Waals surface area contributed by atoms with Gasteiger partial charge in [-0.2, -0.15) is 4.98 Å². The first kappa shape index (κ1) is 12.7. The second-order valence-electron chi connectivity index (χ2n) is 4.80. The molecule has 1 aromatic carbocycles. The normalized spacial score (nSPS) is 19.0. The van der Waals surface area contributed by atoms with Gasteiger partial charge in [-0.05, 0) is 12.1 Å². The summed E-state index contributed by atoms with van der Waals surface area (Å²) in [6.07, 6.45) is 0.219. The maximum absolute atomic E-state index is 14.0. The van der Waals surface area contributed by atoms with E-state index in [1.54, 1.807) is 6.07 Å². The van der Waals surface area contributed by atoms with Crippen LogP contribution in [0.1, 0.15) is 6.42 Å². The number of halogens is 1. The van der Waals surface area contributed by atoms with Crippen molar-refractivity contribution in [2.24, 2.45) is 5.92 Å². The molecular weight excluding hydrogens is 263 g/mol. The lowest BCUT2D eigenvalue weighted by Gasteiger charge is -2.17. The van der Waals surface area contributed by atoms with Crippen molar-refractivity contribution in [1.29, 1.82) is 0 Å². The molecule has 0 bridgehead atoms. The molecule has 1 aliphatic rings. The number of aliphatic hydroxyl groups is 1. The largest absolute Gasteiger partial charge is 0.396 e. The van der Waals surface area contributed by atoms with Crippen LogP contribution in [0.5, 0.6) is 0 Å².